The van der Waals surface area contributed by atoms with E-state index in [1.807, 2.05) is 63.4 Å². The van der Waals surface area contributed by atoms with Crippen LogP contribution in [0.15, 0.2) is 94.4 Å². The van der Waals surface area contributed by atoms with Crippen molar-refractivity contribution in [1.29, 1.82) is 0 Å². The molecule has 5 rings (SSSR count). The summed E-state index contributed by atoms with van der Waals surface area (Å²) in [6.45, 7) is 8.86. The predicted molar refractivity (Wildman–Crippen MR) is 192 cm³/mol. The van der Waals surface area contributed by atoms with E-state index in [2.05, 4.69) is 38.8 Å². The zero-order valence-electron chi connectivity index (χ0n) is 28.9. The van der Waals surface area contributed by atoms with Crippen molar-refractivity contribution in [1.82, 2.24) is 4.73 Å². The molecule has 272 valence electrons. The maximum Gasteiger partial charge on any atom is 0.333 e. The lowest BCUT2D eigenvalue weighted by Gasteiger charge is -2.27. The highest BCUT2D eigenvalue weighted by Crippen LogP contribution is 2.48. The number of fused-ring (bicyclic) bond motifs is 2. The minimum atomic E-state index is -4.41. The first-order valence-electron chi connectivity index (χ1n) is 16.2. The van der Waals surface area contributed by atoms with Gasteiger partial charge in [-0.05, 0) is 68.7 Å². The summed E-state index contributed by atoms with van der Waals surface area (Å²) in [6, 6.07) is 12.9. The van der Waals surface area contributed by atoms with Crippen LogP contribution in [0.3, 0.4) is 0 Å². The lowest BCUT2D eigenvalue weighted by molar-refractivity contribution is -0.432. The van der Waals surface area contributed by atoms with Gasteiger partial charge in [-0.2, -0.15) is 13.0 Å². The fraction of sp³-hybridized carbons (Fsp3) is 0.333. The summed E-state index contributed by atoms with van der Waals surface area (Å²) in [4.78, 5) is 20.0. The standard InChI is InChI=1S/C36H41N3O10S2/c1-35(2)26-22-24(50-49-48-43)15-17-28(26)37(5)30(35)12-8-6-9-13-31-36(3,4)27-23-25(51(44,45)46)16-18-29(27)38(31)21-11-7-10-14-34(42)47-39-32(40)19-20-33(39)41/h6,8-9,12-13,15-20,22-23H,7,10-11,14,21H2,1-5H3,(H3-,40,41,43,44,45,46)/p+1. The van der Waals surface area contributed by atoms with Gasteiger partial charge in [-0.3, -0.25) is 4.55 Å². The van der Waals surface area contributed by atoms with Crippen LogP contribution in [0.2, 0.25) is 0 Å². The second-order valence-corrected chi connectivity index (χ2v) is 15.5. The predicted octanol–water partition coefficient (Wildman–Crippen LogP) is 6.59. The van der Waals surface area contributed by atoms with E-state index < -0.39 is 21.5 Å². The Morgan fingerprint density at radius 3 is 2.33 bits per heavy atom. The Morgan fingerprint density at radius 1 is 0.922 bits per heavy atom. The number of hydrogen-bond donors (Lipinski definition) is 4. The van der Waals surface area contributed by atoms with Crippen molar-refractivity contribution < 1.29 is 52.0 Å². The number of carbonyl (C=O) groups is 1. The van der Waals surface area contributed by atoms with E-state index >= 15 is 0 Å². The Labute approximate surface area is 301 Å². The van der Waals surface area contributed by atoms with E-state index in [1.165, 1.54) is 24.3 Å². The SMILES string of the molecule is C[N+]1=C(C=CC=CC=C2N(CCCCCC(=O)On3c(O)ccc3O)c3ccc(S(=O)(=O)O)cc3C2(C)C)C(C)(C)c2cc(SOOO)ccc21. The molecule has 51 heavy (non-hydrogen) atoms. The summed E-state index contributed by atoms with van der Waals surface area (Å²) < 4.78 is 41.2. The van der Waals surface area contributed by atoms with Gasteiger partial charge in [0.05, 0.1) is 22.4 Å². The number of nitrogens with zero attached hydrogens (tertiary/aromatic N) is 3. The molecule has 1 aromatic heterocycles. The third-order valence-electron chi connectivity index (χ3n) is 9.31. The molecule has 0 saturated carbocycles. The smallest absolute Gasteiger partial charge is 0.333 e. The normalized spacial score (nSPS) is 17.2. The van der Waals surface area contributed by atoms with Crippen molar-refractivity contribution in [3.05, 3.63) is 95.7 Å². The number of anilines is 1. The Bertz CT molecular complexity index is 2030. The van der Waals surface area contributed by atoms with Gasteiger partial charge in [0.15, 0.2) is 5.71 Å². The molecule has 0 spiro atoms. The van der Waals surface area contributed by atoms with Gasteiger partial charge in [0.1, 0.15) is 7.05 Å². The first kappa shape index (κ1) is 37.9. The molecule has 0 aliphatic carbocycles. The average molecular weight is 741 g/mol. The molecule has 0 radical (unpaired) electrons. The fourth-order valence-corrected chi connectivity index (χ4v) is 7.60. The summed E-state index contributed by atoms with van der Waals surface area (Å²) in [5.74, 6) is -1.36. The van der Waals surface area contributed by atoms with Gasteiger partial charge in [0.25, 0.3) is 10.1 Å². The average Bonchev–Trinajstić information content (AvgIpc) is 3.57. The highest BCUT2D eigenvalue weighted by atomic mass is 32.2. The van der Waals surface area contributed by atoms with Gasteiger partial charge in [-0.15, -0.1) is 9.06 Å². The van der Waals surface area contributed by atoms with E-state index in [4.69, 9.17) is 10.1 Å². The highest BCUT2D eigenvalue weighted by molar-refractivity contribution is 7.94. The minimum absolute atomic E-state index is 0.0813. The Hall–Kier alpha value is -4.38. The molecule has 3 heterocycles. The number of hydrogen-bond acceptors (Lipinski definition) is 11. The molecule has 0 unspecified atom stereocenters. The summed E-state index contributed by atoms with van der Waals surface area (Å²) in [6.07, 6.45) is 11.9. The van der Waals surface area contributed by atoms with Crippen molar-refractivity contribution in [2.24, 2.45) is 0 Å². The number of aromatic hydroxyl groups is 2. The summed E-state index contributed by atoms with van der Waals surface area (Å²) in [5.41, 5.74) is 4.85. The van der Waals surface area contributed by atoms with Crippen LogP contribution in [-0.4, -0.2) is 63.0 Å². The van der Waals surface area contributed by atoms with Crippen molar-refractivity contribution in [2.45, 2.75) is 74.0 Å². The lowest BCUT2D eigenvalue weighted by Crippen LogP contribution is -2.27. The zero-order chi connectivity index (χ0) is 37.1. The van der Waals surface area contributed by atoms with E-state index in [0.29, 0.717) is 30.5 Å². The van der Waals surface area contributed by atoms with Crippen LogP contribution < -0.4 is 9.74 Å². The second kappa shape index (κ2) is 15.1. The fourth-order valence-electron chi connectivity index (χ4n) is 6.69. The third kappa shape index (κ3) is 7.93. The van der Waals surface area contributed by atoms with Gasteiger partial charge in [-0.25, -0.2) is 10.1 Å². The molecule has 0 bridgehead atoms. The molecule has 0 fully saturated rings. The molecule has 2 aliphatic rings. The number of allylic oxidation sites excluding steroid dienone is 6. The van der Waals surface area contributed by atoms with Crippen LogP contribution in [-0.2, 0) is 35.1 Å². The molecule has 0 atom stereocenters. The largest absolute Gasteiger partial charge is 0.492 e. The number of benzene rings is 2. The van der Waals surface area contributed by atoms with Gasteiger partial charge in [0, 0.05) is 64.5 Å². The summed E-state index contributed by atoms with van der Waals surface area (Å²) in [7, 11) is -2.40. The molecule has 4 N–H and O–H groups in total. The molecule has 0 saturated heterocycles. The summed E-state index contributed by atoms with van der Waals surface area (Å²) in [5, 5.41) is 31.7. The monoisotopic (exact) mass is 740 g/mol. The molecule has 0 amide bonds. The first-order valence-corrected chi connectivity index (χ1v) is 18.4. The number of unbranched alkanes of at least 4 members (excludes halogenated alkanes) is 2. The Balaban J connectivity index is 1.31. The van der Waals surface area contributed by atoms with Crippen LogP contribution in [0.5, 0.6) is 11.8 Å². The Kier molecular flexibility index (Phi) is 11.2. The van der Waals surface area contributed by atoms with Crippen LogP contribution in [0.1, 0.15) is 64.5 Å². The molecular weight excluding hydrogens is 699 g/mol. The number of rotatable bonds is 14. The van der Waals surface area contributed by atoms with Gasteiger partial charge in [0.2, 0.25) is 17.4 Å². The number of carbonyl (C=O) groups excluding carboxylic acids is 1. The van der Waals surface area contributed by atoms with E-state index in [1.54, 1.807) is 6.07 Å². The first-order chi connectivity index (χ1) is 24.1. The molecule has 13 nitrogen and oxygen atoms in total. The minimum Gasteiger partial charge on any atom is -0.492 e. The van der Waals surface area contributed by atoms with Crippen LogP contribution in [0.4, 0.5) is 11.4 Å². The van der Waals surface area contributed by atoms with Crippen molar-refractivity contribution >= 4 is 45.2 Å². The number of aromatic nitrogens is 1. The van der Waals surface area contributed by atoms with E-state index in [0.717, 1.165) is 50.8 Å². The van der Waals surface area contributed by atoms with Gasteiger partial charge >= 0.3 is 5.97 Å². The van der Waals surface area contributed by atoms with E-state index in [-0.39, 0.29) is 28.5 Å². The molecule has 15 heteroatoms. The maximum atomic E-state index is 12.3. The molecule has 2 aliphatic heterocycles. The zero-order valence-corrected chi connectivity index (χ0v) is 30.6. The lowest BCUT2D eigenvalue weighted by atomic mass is 9.81. The van der Waals surface area contributed by atoms with Gasteiger partial charge in [-0.1, -0.05) is 43.5 Å². The van der Waals surface area contributed by atoms with Crippen LogP contribution in [0.25, 0.3) is 0 Å². The van der Waals surface area contributed by atoms with Gasteiger partial charge < -0.3 is 20.0 Å². The Morgan fingerprint density at radius 2 is 1.65 bits per heavy atom. The molecule has 3 aromatic rings. The second-order valence-electron chi connectivity index (χ2n) is 13.3. The van der Waals surface area contributed by atoms with Crippen molar-refractivity contribution in [2.75, 3.05) is 18.5 Å². The maximum absolute atomic E-state index is 12.3. The third-order valence-corrected chi connectivity index (χ3v) is 10.7. The molecular formula is C36H42N3O10S2+. The molecule has 2 aromatic carbocycles. The summed E-state index contributed by atoms with van der Waals surface area (Å²) >= 11 is 0.916. The van der Waals surface area contributed by atoms with Crippen molar-refractivity contribution in [3.63, 3.8) is 0 Å². The topological polar surface area (TPSA) is 171 Å². The van der Waals surface area contributed by atoms with E-state index in [9.17, 15) is 28.0 Å². The van der Waals surface area contributed by atoms with Crippen LogP contribution in [0, 0.1) is 0 Å². The van der Waals surface area contributed by atoms with Crippen molar-refractivity contribution in [3.8, 4) is 11.8 Å². The van der Waals surface area contributed by atoms with Crippen LogP contribution >= 0.6 is 12.0 Å². The quantitative estimate of drug-likeness (QED) is 0.0266. The highest BCUT2D eigenvalue weighted by Gasteiger charge is 2.43.